The second-order valence-corrected chi connectivity index (χ2v) is 6.88. The molecule has 1 heterocycles. The summed E-state index contributed by atoms with van der Waals surface area (Å²) in [6, 6.07) is 8.04. The average molecular weight is 370 g/mol. The minimum atomic E-state index is -0.165. The second kappa shape index (κ2) is 10.0. The van der Waals surface area contributed by atoms with Crippen molar-refractivity contribution in [2.24, 2.45) is 0 Å². The number of rotatable bonds is 9. The largest absolute Gasteiger partial charge is 0.351 e. The van der Waals surface area contributed by atoms with E-state index in [9.17, 15) is 4.79 Å². The van der Waals surface area contributed by atoms with Crippen molar-refractivity contribution in [1.82, 2.24) is 20.2 Å². The van der Waals surface area contributed by atoms with Gasteiger partial charge in [-0.05, 0) is 58.0 Å². The van der Waals surface area contributed by atoms with Crippen LogP contribution in [-0.4, -0.2) is 48.0 Å². The number of carbonyl (C=O) groups excluding carboxylic acids is 1. The molecule has 2 rings (SSSR count). The Morgan fingerprint density at radius 2 is 1.78 bits per heavy atom. The molecule has 1 aromatic carbocycles. The summed E-state index contributed by atoms with van der Waals surface area (Å²) in [7, 11) is 4.04. The van der Waals surface area contributed by atoms with Crippen LogP contribution in [0.2, 0.25) is 0 Å². The summed E-state index contributed by atoms with van der Waals surface area (Å²) < 4.78 is 0. The molecular weight excluding hydrogens is 338 g/mol. The predicted molar refractivity (Wildman–Crippen MR) is 111 cm³/mol. The van der Waals surface area contributed by atoms with Crippen molar-refractivity contribution in [3.8, 4) is 0 Å². The highest BCUT2D eigenvalue weighted by atomic mass is 16.1. The Bertz CT molecular complexity index is 751. The third kappa shape index (κ3) is 6.03. The topological polar surface area (TPSA) is 70.2 Å². The van der Waals surface area contributed by atoms with Crippen LogP contribution in [0.25, 0.3) is 0 Å². The zero-order valence-electron chi connectivity index (χ0n) is 17.1. The molecule has 0 bridgehead atoms. The molecule has 1 aromatic heterocycles. The van der Waals surface area contributed by atoms with Crippen LogP contribution >= 0.6 is 0 Å². The Kier molecular flexibility index (Phi) is 7.73. The number of aryl methyl sites for hydroxylation is 3. The summed E-state index contributed by atoms with van der Waals surface area (Å²) in [6.07, 6.45) is 2.76. The summed E-state index contributed by atoms with van der Waals surface area (Å²) >= 11 is 0. The molecule has 6 heteroatoms. The number of hydrogen-bond acceptors (Lipinski definition) is 5. The molecule has 0 unspecified atom stereocenters. The zero-order chi connectivity index (χ0) is 19.8. The van der Waals surface area contributed by atoms with Crippen molar-refractivity contribution >= 4 is 17.4 Å². The third-order valence-electron chi connectivity index (χ3n) is 4.39. The van der Waals surface area contributed by atoms with Gasteiger partial charge in [-0.1, -0.05) is 32.0 Å². The minimum absolute atomic E-state index is 0.165. The lowest BCUT2D eigenvalue weighted by atomic mass is 10.0. The number of anilines is 2. The van der Waals surface area contributed by atoms with Gasteiger partial charge in [-0.3, -0.25) is 4.79 Å². The Labute approximate surface area is 162 Å². The molecule has 0 saturated carbocycles. The Hall–Kier alpha value is -2.47. The summed E-state index contributed by atoms with van der Waals surface area (Å²) in [5, 5.41) is 6.36. The number of carbonyl (C=O) groups is 1. The molecule has 0 radical (unpaired) electrons. The molecule has 0 spiro atoms. The summed E-state index contributed by atoms with van der Waals surface area (Å²) in [5.41, 5.74) is 3.94. The predicted octanol–water partition coefficient (Wildman–Crippen LogP) is 3.33. The van der Waals surface area contributed by atoms with Crippen LogP contribution in [0.1, 0.15) is 47.7 Å². The number of nitrogens with one attached hydrogen (secondary N) is 2. The van der Waals surface area contributed by atoms with Gasteiger partial charge in [0.05, 0.1) is 0 Å². The van der Waals surface area contributed by atoms with Gasteiger partial charge in [-0.25, -0.2) is 9.97 Å². The lowest BCUT2D eigenvalue weighted by Gasteiger charge is -2.16. The van der Waals surface area contributed by atoms with Crippen molar-refractivity contribution in [2.45, 2.75) is 40.0 Å². The van der Waals surface area contributed by atoms with E-state index in [2.05, 4.69) is 57.5 Å². The molecule has 27 heavy (non-hydrogen) atoms. The van der Waals surface area contributed by atoms with Crippen molar-refractivity contribution < 1.29 is 4.79 Å². The van der Waals surface area contributed by atoms with E-state index in [1.54, 1.807) is 13.0 Å². The van der Waals surface area contributed by atoms with Crippen molar-refractivity contribution in [2.75, 3.05) is 32.5 Å². The van der Waals surface area contributed by atoms with Crippen LogP contribution in [-0.2, 0) is 12.8 Å². The highest BCUT2D eigenvalue weighted by Gasteiger charge is 2.12. The maximum atomic E-state index is 12.4. The molecule has 1 amide bonds. The van der Waals surface area contributed by atoms with Gasteiger partial charge in [-0.15, -0.1) is 0 Å². The van der Waals surface area contributed by atoms with E-state index in [-0.39, 0.29) is 5.91 Å². The van der Waals surface area contributed by atoms with Crippen molar-refractivity contribution in [3.63, 3.8) is 0 Å². The normalized spacial score (nSPS) is 10.9. The van der Waals surface area contributed by atoms with Crippen LogP contribution in [0.3, 0.4) is 0 Å². The number of para-hydroxylation sites is 1. The Balaban J connectivity index is 2.17. The summed E-state index contributed by atoms with van der Waals surface area (Å²) in [6.45, 7) is 7.64. The highest BCUT2D eigenvalue weighted by molar-refractivity contribution is 5.93. The van der Waals surface area contributed by atoms with Crippen LogP contribution < -0.4 is 10.6 Å². The molecular formula is C21H31N5O. The molecule has 0 saturated heterocycles. The van der Waals surface area contributed by atoms with Crippen LogP contribution in [0.15, 0.2) is 24.3 Å². The number of aromatic nitrogens is 2. The zero-order valence-corrected chi connectivity index (χ0v) is 17.1. The maximum Gasteiger partial charge on any atom is 0.270 e. The maximum absolute atomic E-state index is 12.4. The number of nitrogens with zero attached hydrogens (tertiary/aromatic N) is 3. The fourth-order valence-corrected chi connectivity index (χ4v) is 2.97. The lowest BCUT2D eigenvalue weighted by Crippen LogP contribution is -2.28. The van der Waals surface area contributed by atoms with Crippen LogP contribution in [0.4, 0.5) is 11.5 Å². The van der Waals surface area contributed by atoms with Gasteiger partial charge < -0.3 is 15.5 Å². The first kappa shape index (κ1) is 20.8. The SMILES string of the molecule is CCc1cccc(CC)c1Nc1cc(C(=O)NCCCN(C)C)nc(C)n1. The first-order chi connectivity index (χ1) is 12.9. The van der Waals surface area contributed by atoms with E-state index in [1.165, 1.54) is 11.1 Å². The number of benzene rings is 1. The van der Waals surface area contributed by atoms with E-state index in [1.807, 2.05) is 14.1 Å². The van der Waals surface area contributed by atoms with Gasteiger partial charge in [0.1, 0.15) is 17.3 Å². The molecule has 146 valence electrons. The molecule has 0 aliphatic carbocycles. The highest BCUT2D eigenvalue weighted by Crippen LogP contribution is 2.26. The minimum Gasteiger partial charge on any atom is -0.351 e. The molecule has 0 aliphatic heterocycles. The fraction of sp³-hybridized carbons (Fsp3) is 0.476. The standard InChI is InChI=1S/C21H31N5O/c1-6-16-10-8-11-17(7-2)20(16)25-19-14-18(23-15(3)24-19)21(27)22-12-9-13-26(4)5/h8,10-11,14H,6-7,9,12-13H2,1-5H3,(H,22,27)(H,23,24,25). The van der Waals surface area contributed by atoms with Gasteiger partial charge >= 0.3 is 0 Å². The second-order valence-electron chi connectivity index (χ2n) is 6.88. The molecule has 2 aromatic rings. The molecule has 6 nitrogen and oxygen atoms in total. The van der Waals surface area contributed by atoms with Gasteiger partial charge in [0.2, 0.25) is 0 Å². The quantitative estimate of drug-likeness (QED) is 0.664. The van der Waals surface area contributed by atoms with E-state index in [4.69, 9.17) is 0 Å². The van der Waals surface area contributed by atoms with Crippen LogP contribution in [0, 0.1) is 6.92 Å². The summed E-state index contributed by atoms with van der Waals surface area (Å²) in [5.74, 6) is 1.06. The lowest BCUT2D eigenvalue weighted by molar-refractivity contribution is 0.0947. The van der Waals surface area contributed by atoms with Gasteiger partial charge in [0.15, 0.2) is 0 Å². The molecule has 2 N–H and O–H groups in total. The molecule has 0 fully saturated rings. The van der Waals surface area contributed by atoms with Gasteiger partial charge in [-0.2, -0.15) is 0 Å². The van der Waals surface area contributed by atoms with E-state index in [0.717, 1.165) is 31.5 Å². The first-order valence-electron chi connectivity index (χ1n) is 9.61. The molecule has 0 aliphatic rings. The van der Waals surface area contributed by atoms with Crippen molar-refractivity contribution in [1.29, 1.82) is 0 Å². The monoisotopic (exact) mass is 369 g/mol. The summed E-state index contributed by atoms with van der Waals surface area (Å²) in [4.78, 5) is 23.3. The van der Waals surface area contributed by atoms with Gasteiger partial charge in [0, 0.05) is 18.3 Å². The fourth-order valence-electron chi connectivity index (χ4n) is 2.97. The number of amides is 1. The first-order valence-corrected chi connectivity index (χ1v) is 9.61. The van der Waals surface area contributed by atoms with E-state index in [0.29, 0.717) is 23.9 Å². The third-order valence-corrected chi connectivity index (χ3v) is 4.39. The van der Waals surface area contributed by atoms with Crippen LogP contribution in [0.5, 0.6) is 0 Å². The Morgan fingerprint density at radius 1 is 1.11 bits per heavy atom. The van der Waals surface area contributed by atoms with E-state index < -0.39 is 0 Å². The van der Waals surface area contributed by atoms with Gasteiger partial charge in [0.25, 0.3) is 5.91 Å². The smallest absolute Gasteiger partial charge is 0.270 e. The average Bonchev–Trinajstić information content (AvgIpc) is 2.64. The van der Waals surface area contributed by atoms with E-state index >= 15 is 0 Å². The number of hydrogen-bond donors (Lipinski definition) is 2. The molecule has 0 atom stereocenters. The van der Waals surface area contributed by atoms with Crippen molar-refractivity contribution in [3.05, 3.63) is 46.9 Å². The Morgan fingerprint density at radius 3 is 2.37 bits per heavy atom.